The molecule has 0 heterocycles. The molecule has 0 spiro atoms. The molecule has 1 N–H and O–H groups in total. The first-order chi connectivity index (χ1) is 8.15. The summed E-state index contributed by atoms with van der Waals surface area (Å²) in [5.74, 6) is 0.634. The molecule has 1 heteroatoms. The SMILES string of the molecule is CCCCCCC(C)c1ccc(C(C)O)cc1. The predicted molar refractivity (Wildman–Crippen MR) is 74.2 cm³/mol. The first kappa shape index (κ1) is 14.2. The minimum absolute atomic E-state index is 0.357. The molecule has 0 fully saturated rings. The third kappa shape index (κ3) is 4.91. The fraction of sp³-hybridized carbons (Fsp3) is 0.625. The topological polar surface area (TPSA) is 20.2 Å². The summed E-state index contributed by atoms with van der Waals surface area (Å²) in [4.78, 5) is 0. The van der Waals surface area contributed by atoms with Crippen LogP contribution in [0.1, 0.15) is 76.0 Å². The van der Waals surface area contributed by atoms with Crippen molar-refractivity contribution in [1.82, 2.24) is 0 Å². The number of hydrogen-bond donors (Lipinski definition) is 1. The normalized spacial score (nSPS) is 14.6. The Morgan fingerprint density at radius 3 is 2.06 bits per heavy atom. The molecule has 1 nitrogen and oxygen atoms in total. The van der Waals surface area contributed by atoms with Crippen LogP contribution in [0.2, 0.25) is 0 Å². The summed E-state index contributed by atoms with van der Waals surface area (Å²) in [6, 6.07) is 8.41. The molecule has 1 aromatic rings. The van der Waals surface area contributed by atoms with E-state index in [1.54, 1.807) is 0 Å². The first-order valence-corrected chi connectivity index (χ1v) is 6.93. The molecule has 1 rings (SSSR count). The molecule has 0 radical (unpaired) electrons. The van der Waals surface area contributed by atoms with Gasteiger partial charge in [-0.3, -0.25) is 0 Å². The minimum Gasteiger partial charge on any atom is -0.389 e. The van der Waals surface area contributed by atoms with Crippen molar-refractivity contribution < 1.29 is 5.11 Å². The van der Waals surface area contributed by atoms with Crippen LogP contribution in [0.25, 0.3) is 0 Å². The van der Waals surface area contributed by atoms with Gasteiger partial charge in [-0.2, -0.15) is 0 Å². The van der Waals surface area contributed by atoms with E-state index in [9.17, 15) is 5.11 Å². The Morgan fingerprint density at radius 1 is 0.941 bits per heavy atom. The van der Waals surface area contributed by atoms with Gasteiger partial charge in [0.15, 0.2) is 0 Å². The summed E-state index contributed by atoms with van der Waals surface area (Å²) in [5, 5.41) is 9.45. The largest absolute Gasteiger partial charge is 0.389 e. The quantitative estimate of drug-likeness (QED) is 0.671. The second kappa shape index (κ2) is 7.50. The zero-order valence-electron chi connectivity index (χ0n) is 11.4. The van der Waals surface area contributed by atoms with Gasteiger partial charge in [0.2, 0.25) is 0 Å². The van der Waals surface area contributed by atoms with Crippen LogP contribution in [-0.4, -0.2) is 5.11 Å². The van der Waals surface area contributed by atoms with Gasteiger partial charge in [0, 0.05) is 0 Å². The smallest absolute Gasteiger partial charge is 0.0761 e. The van der Waals surface area contributed by atoms with E-state index >= 15 is 0 Å². The molecule has 0 amide bonds. The van der Waals surface area contributed by atoms with Crippen molar-refractivity contribution in [1.29, 1.82) is 0 Å². The van der Waals surface area contributed by atoms with Crippen LogP contribution >= 0.6 is 0 Å². The van der Waals surface area contributed by atoms with E-state index in [4.69, 9.17) is 0 Å². The molecule has 2 atom stereocenters. The van der Waals surface area contributed by atoms with Gasteiger partial charge >= 0.3 is 0 Å². The van der Waals surface area contributed by atoms with Crippen molar-refractivity contribution in [3.8, 4) is 0 Å². The zero-order valence-corrected chi connectivity index (χ0v) is 11.4. The Hall–Kier alpha value is -0.820. The molecule has 17 heavy (non-hydrogen) atoms. The molecule has 2 unspecified atom stereocenters. The van der Waals surface area contributed by atoms with Gasteiger partial charge in [0.05, 0.1) is 6.10 Å². The van der Waals surface area contributed by atoms with E-state index in [0.29, 0.717) is 5.92 Å². The van der Waals surface area contributed by atoms with Crippen molar-refractivity contribution in [2.45, 2.75) is 64.9 Å². The third-order valence-electron chi connectivity index (χ3n) is 3.48. The standard InChI is InChI=1S/C16H26O/c1-4-5-6-7-8-13(2)15-9-11-16(12-10-15)14(3)17/h9-14,17H,4-8H2,1-3H3. The minimum atomic E-state index is -0.357. The highest BCUT2D eigenvalue weighted by atomic mass is 16.3. The van der Waals surface area contributed by atoms with E-state index in [1.807, 2.05) is 19.1 Å². The maximum Gasteiger partial charge on any atom is 0.0761 e. The summed E-state index contributed by atoms with van der Waals surface area (Å²) in [6.45, 7) is 6.35. The third-order valence-corrected chi connectivity index (χ3v) is 3.48. The number of benzene rings is 1. The lowest BCUT2D eigenvalue weighted by atomic mass is 9.93. The Kier molecular flexibility index (Phi) is 6.28. The molecule has 0 aromatic heterocycles. The highest BCUT2D eigenvalue weighted by Gasteiger charge is 2.06. The maximum atomic E-state index is 9.45. The van der Waals surface area contributed by atoms with Gasteiger partial charge in [0.25, 0.3) is 0 Å². The second-order valence-electron chi connectivity index (χ2n) is 5.09. The van der Waals surface area contributed by atoms with Gasteiger partial charge in [-0.15, -0.1) is 0 Å². The van der Waals surface area contributed by atoms with Gasteiger partial charge in [-0.05, 0) is 30.4 Å². The van der Waals surface area contributed by atoms with Crippen molar-refractivity contribution in [2.24, 2.45) is 0 Å². The lowest BCUT2D eigenvalue weighted by Crippen LogP contribution is -1.96. The average Bonchev–Trinajstić information content (AvgIpc) is 2.34. The molecule has 0 saturated carbocycles. The molecule has 0 aliphatic rings. The van der Waals surface area contributed by atoms with Crippen LogP contribution in [0.3, 0.4) is 0 Å². The average molecular weight is 234 g/mol. The lowest BCUT2D eigenvalue weighted by molar-refractivity contribution is 0.199. The van der Waals surface area contributed by atoms with Crippen molar-refractivity contribution in [3.63, 3.8) is 0 Å². The summed E-state index contributed by atoms with van der Waals surface area (Å²) in [6.07, 6.45) is 6.25. The molecule has 0 bridgehead atoms. The number of unbranched alkanes of at least 4 members (excludes halogenated alkanes) is 3. The highest BCUT2D eigenvalue weighted by Crippen LogP contribution is 2.23. The van der Waals surface area contributed by atoms with Crippen LogP contribution in [-0.2, 0) is 0 Å². The van der Waals surface area contributed by atoms with E-state index in [0.717, 1.165) is 5.56 Å². The van der Waals surface area contributed by atoms with Gasteiger partial charge < -0.3 is 5.11 Å². The van der Waals surface area contributed by atoms with E-state index in [2.05, 4.69) is 26.0 Å². The van der Waals surface area contributed by atoms with E-state index < -0.39 is 0 Å². The summed E-state index contributed by atoms with van der Waals surface area (Å²) >= 11 is 0. The molecule has 96 valence electrons. The maximum absolute atomic E-state index is 9.45. The number of hydrogen-bond acceptors (Lipinski definition) is 1. The first-order valence-electron chi connectivity index (χ1n) is 6.93. The summed E-state index contributed by atoms with van der Waals surface area (Å²) < 4.78 is 0. The van der Waals surface area contributed by atoms with Crippen LogP contribution in [0.15, 0.2) is 24.3 Å². The molecule has 1 aromatic carbocycles. The lowest BCUT2D eigenvalue weighted by Gasteiger charge is -2.13. The highest BCUT2D eigenvalue weighted by molar-refractivity contribution is 5.26. The zero-order chi connectivity index (χ0) is 12.7. The molecule has 0 saturated heterocycles. The van der Waals surface area contributed by atoms with E-state index in [-0.39, 0.29) is 6.10 Å². The van der Waals surface area contributed by atoms with Crippen molar-refractivity contribution >= 4 is 0 Å². The van der Waals surface area contributed by atoms with Crippen LogP contribution < -0.4 is 0 Å². The van der Waals surface area contributed by atoms with Crippen molar-refractivity contribution in [2.75, 3.05) is 0 Å². The monoisotopic (exact) mass is 234 g/mol. The van der Waals surface area contributed by atoms with Crippen LogP contribution in [0, 0.1) is 0 Å². The van der Waals surface area contributed by atoms with Gasteiger partial charge in [-0.25, -0.2) is 0 Å². The Bertz CT molecular complexity index is 300. The summed E-state index contributed by atoms with van der Waals surface area (Å²) in [7, 11) is 0. The Morgan fingerprint density at radius 2 is 1.53 bits per heavy atom. The number of aliphatic hydroxyl groups excluding tert-OH is 1. The Balaban J connectivity index is 2.43. The second-order valence-corrected chi connectivity index (χ2v) is 5.09. The molecule has 0 aliphatic heterocycles. The molecular formula is C16H26O. The fourth-order valence-electron chi connectivity index (χ4n) is 2.15. The van der Waals surface area contributed by atoms with Gasteiger partial charge in [0.1, 0.15) is 0 Å². The number of rotatable bonds is 7. The molecule has 0 aliphatic carbocycles. The van der Waals surface area contributed by atoms with Crippen molar-refractivity contribution in [3.05, 3.63) is 35.4 Å². The van der Waals surface area contributed by atoms with Crippen LogP contribution in [0.5, 0.6) is 0 Å². The van der Waals surface area contributed by atoms with Crippen LogP contribution in [0.4, 0.5) is 0 Å². The van der Waals surface area contributed by atoms with E-state index in [1.165, 1.54) is 37.7 Å². The fourth-order valence-corrected chi connectivity index (χ4v) is 2.15. The predicted octanol–water partition coefficient (Wildman–Crippen LogP) is 4.81. The summed E-state index contributed by atoms with van der Waals surface area (Å²) in [5.41, 5.74) is 2.40. The Labute approximate surface area is 106 Å². The van der Waals surface area contributed by atoms with Gasteiger partial charge in [-0.1, -0.05) is 63.8 Å². The number of aliphatic hydroxyl groups is 1. The molecular weight excluding hydrogens is 208 g/mol.